The van der Waals surface area contributed by atoms with Gasteiger partial charge < -0.3 is 14.9 Å². The SMILES string of the molecule is CN(CC1CCCN1C)C(=O)c1sccc1C#CCCO. The van der Waals surface area contributed by atoms with Crippen LogP contribution in [0.3, 0.4) is 0 Å². The molecule has 0 saturated carbocycles. The molecule has 1 aromatic heterocycles. The molecule has 0 radical (unpaired) electrons. The van der Waals surface area contributed by atoms with Crippen LogP contribution in [0.2, 0.25) is 0 Å². The lowest BCUT2D eigenvalue weighted by Crippen LogP contribution is -2.39. The molecular formula is C16H22N2O2S. The molecule has 21 heavy (non-hydrogen) atoms. The van der Waals surface area contributed by atoms with E-state index >= 15 is 0 Å². The van der Waals surface area contributed by atoms with Crippen molar-refractivity contribution in [2.24, 2.45) is 0 Å². The van der Waals surface area contributed by atoms with E-state index in [0.717, 1.165) is 25.1 Å². The van der Waals surface area contributed by atoms with Crippen LogP contribution in [0.5, 0.6) is 0 Å². The van der Waals surface area contributed by atoms with Crippen molar-refractivity contribution in [2.45, 2.75) is 25.3 Å². The van der Waals surface area contributed by atoms with Crippen molar-refractivity contribution in [3.05, 3.63) is 21.9 Å². The molecule has 0 aromatic carbocycles. The summed E-state index contributed by atoms with van der Waals surface area (Å²) in [5.41, 5.74) is 0.769. The molecule has 1 atom stereocenters. The highest BCUT2D eigenvalue weighted by molar-refractivity contribution is 7.12. The van der Waals surface area contributed by atoms with Gasteiger partial charge in [0.25, 0.3) is 5.91 Å². The van der Waals surface area contributed by atoms with Crippen molar-refractivity contribution in [1.29, 1.82) is 0 Å². The molecule has 0 spiro atoms. The molecule has 1 aliphatic heterocycles. The van der Waals surface area contributed by atoms with Gasteiger partial charge in [-0.15, -0.1) is 11.3 Å². The second kappa shape index (κ2) is 7.60. The van der Waals surface area contributed by atoms with Gasteiger partial charge in [0.15, 0.2) is 0 Å². The van der Waals surface area contributed by atoms with E-state index in [-0.39, 0.29) is 12.5 Å². The molecule has 4 nitrogen and oxygen atoms in total. The Labute approximate surface area is 130 Å². The van der Waals surface area contributed by atoms with E-state index in [4.69, 9.17) is 5.11 Å². The van der Waals surface area contributed by atoms with Gasteiger partial charge in [-0.25, -0.2) is 0 Å². The maximum Gasteiger partial charge on any atom is 0.265 e. The summed E-state index contributed by atoms with van der Waals surface area (Å²) < 4.78 is 0. The number of thiophene rings is 1. The molecule has 2 rings (SSSR count). The predicted octanol–water partition coefficient (Wildman–Crippen LogP) is 1.65. The Morgan fingerprint density at radius 2 is 2.43 bits per heavy atom. The van der Waals surface area contributed by atoms with E-state index < -0.39 is 0 Å². The predicted molar refractivity (Wildman–Crippen MR) is 85.5 cm³/mol. The fourth-order valence-corrected chi connectivity index (χ4v) is 3.41. The molecule has 5 heteroatoms. The van der Waals surface area contributed by atoms with Gasteiger partial charge in [0.2, 0.25) is 0 Å². The summed E-state index contributed by atoms with van der Waals surface area (Å²) in [4.78, 5) is 17.4. The Balaban J connectivity index is 2.02. The number of likely N-dealkylation sites (N-methyl/N-ethyl adjacent to an activating group) is 2. The third-order valence-corrected chi connectivity index (χ3v) is 4.72. The van der Waals surface area contributed by atoms with Crippen molar-refractivity contribution >= 4 is 17.2 Å². The number of carbonyl (C=O) groups excluding carboxylic acids is 1. The van der Waals surface area contributed by atoms with Crippen LogP contribution >= 0.6 is 11.3 Å². The standard InChI is InChI=1S/C16H22N2O2S/c1-17-9-5-7-14(17)12-18(2)16(20)15-13(8-11-21-15)6-3-4-10-19/h8,11,14,19H,4-5,7,9-10,12H2,1-2H3. The number of carbonyl (C=O) groups is 1. The smallest absolute Gasteiger partial charge is 0.265 e. The molecule has 0 aliphatic carbocycles. The quantitative estimate of drug-likeness (QED) is 0.860. The molecule has 1 fully saturated rings. The highest BCUT2D eigenvalue weighted by atomic mass is 32.1. The molecule has 2 heterocycles. The average molecular weight is 306 g/mol. The van der Waals surface area contributed by atoms with Crippen molar-refractivity contribution in [3.63, 3.8) is 0 Å². The van der Waals surface area contributed by atoms with Gasteiger partial charge in [0, 0.05) is 31.6 Å². The molecule has 1 unspecified atom stereocenters. The van der Waals surface area contributed by atoms with E-state index in [0.29, 0.717) is 17.3 Å². The average Bonchev–Trinajstić information content (AvgIpc) is 3.08. The van der Waals surface area contributed by atoms with Crippen LogP contribution in [0.1, 0.15) is 34.5 Å². The summed E-state index contributed by atoms with van der Waals surface area (Å²) in [7, 11) is 3.98. The first-order valence-electron chi connectivity index (χ1n) is 7.26. The summed E-state index contributed by atoms with van der Waals surface area (Å²) in [5, 5.41) is 10.7. The van der Waals surface area contributed by atoms with E-state index in [1.165, 1.54) is 17.8 Å². The van der Waals surface area contributed by atoms with Gasteiger partial charge >= 0.3 is 0 Å². The van der Waals surface area contributed by atoms with Gasteiger partial charge in [-0.2, -0.15) is 0 Å². The van der Waals surface area contributed by atoms with E-state index in [2.05, 4.69) is 23.8 Å². The zero-order valence-corrected chi connectivity index (χ0v) is 13.4. The van der Waals surface area contributed by atoms with E-state index in [9.17, 15) is 4.79 Å². The maximum atomic E-state index is 12.6. The Morgan fingerprint density at radius 1 is 1.62 bits per heavy atom. The lowest BCUT2D eigenvalue weighted by molar-refractivity contribution is 0.0766. The number of likely N-dealkylation sites (tertiary alicyclic amines) is 1. The van der Waals surface area contributed by atoms with Crippen molar-refractivity contribution < 1.29 is 9.90 Å². The molecule has 1 amide bonds. The molecule has 1 aromatic rings. The van der Waals surface area contributed by atoms with Crippen LogP contribution in [-0.2, 0) is 0 Å². The second-order valence-corrected chi connectivity index (χ2v) is 6.32. The minimum atomic E-state index is 0.0404. The van der Waals surface area contributed by atoms with Crippen LogP contribution < -0.4 is 0 Å². The number of nitrogens with zero attached hydrogens (tertiary/aromatic N) is 2. The van der Waals surface area contributed by atoms with Crippen LogP contribution in [0.25, 0.3) is 0 Å². The van der Waals surface area contributed by atoms with Gasteiger partial charge in [0.1, 0.15) is 4.88 Å². The summed E-state index contributed by atoms with van der Waals surface area (Å²) >= 11 is 1.43. The Kier molecular flexibility index (Phi) is 5.80. The maximum absolute atomic E-state index is 12.6. The Morgan fingerprint density at radius 3 is 3.10 bits per heavy atom. The van der Waals surface area contributed by atoms with Crippen molar-refractivity contribution in [2.75, 3.05) is 33.8 Å². The first-order valence-corrected chi connectivity index (χ1v) is 8.14. The number of hydrogen-bond donors (Lipinski definition) is 1. The highest BCUT2D eigenvalue weighted by Gasteiger charge is 2.25. The van der Waals surface area contributed by atoms with Gasteiger partial charge in [-0.3, -0.25) is 4.79 Å². The number of rotatable bonds is 4. The number of amides is 1. The zero-order valence-electron chi connectivity index (χ0n) is 12.6. The minimum absolute atomic E-state index is 0.0404. The van der Waals surface area contributed by atoms with Crippen LogP contribution in [0.15, 0.2) is 11.4 Å². The fourth-order valence-electron chi connectivity index (χ4n) is 2.57. The van der Waals surface area contributed by atoms with Crippen molar-refractivity contribution in [3.8, 4) is 11.8 Å². The monoisotopic (exact) mass is 306 g/mol. The molecule has 1 saturated heterocycles. The largest absolute Gasteiger partial charge is 0.395 e. The molecule has 1 aliphatic rings. The topological polar surface area (TPSA) is 43.8 Å². The summed E-state index contributed by atoms with van der Waals surface area (Å²) in [6.45, 7) is 1.93. The van der Waals surface area contributed by atoms with Gasteiger partial charge in [-0.05, 0) is 37.9 Å². The number of aliphatic hydroxyl groups is 1. The minimum Gasteiger partial charge on any atom is -0.395 e. The molecular weight excluding hydrogens is 284 g/mol. The Hall–Kier alpha value is -1.35. The first kappa shape index (κ1) is 16.0. The zero-order chi connectivity index (χ0) is 15.2. The Bertz CT molecular complexity index is 544. The summed E-state index contributed by atoms with van der Waals surface area (Å²) in [5.74, 6) is 5.89. The normalized spacial score (nSPS) is 18.3. The molecule has 0 bridgehead atoms. The number of aliphatic hydroxyl groups excluding tert-OH is 1. The summed E-state index contributed by atoms with van der Waals surface area (Å²) in [6.07, 6.45) is 2.80. The van der Waals surface area contributed by atoms with Crippen LogP contribution in [0, 0.1) is 11.8 Å². The van der Waals surface area contributed by atoms with E-state index in [1.54, 1.807) is 4.90 Å². The number of hydrogen-bond acceptors (Lipinski definition) is 4. The lowest BCUT2D eigenvalue weighted by Gasteiger charge is -2.25. The van der Waals surface area contributed by atoms with E-state index in [1.807, 2.05) is 18.5 Å². The summed E-state index contributed by atoms with van der Waals surface area (Å²) in [6, 6.07) is 2.33. The molecule has 1 N–H and O–H groups in total. The lowest BCUT2D eigenvalue weighted by atomic mass is 10.2. The second-order valence-electron chi connectivity index (χ2n) is 5.40. The first-order chi connectivity index (χ1) is 10.1. The van der Waals surface area contributed by atoms with Crippen LogP contribution in [0.4, 0.5) is 0 Å². The van der Waals surface area contributed by atoms with Crippen LogP contribution in [-0.4, -0.2) is 60.6 Å². The van der Waals surface area contributed by atoms with Gasteiger partial charge in [-0.1, -0.05) is 11.8 Å². The highest BCUT2D eigenvalue weighted by Crippen LogP contribution is 2.20. The van der Waals surface area contributed by atoms with Crippen molar-refractivity contribution in [1.82, 2.24) is 9.80 Å². The third-order valence-electron chi connectivity index (χ3n) is 3.82. The fraction of sp³-hybridized carbons (Fsp3) is 0.562. The van der Waals surface area contributed by atoms with Gasteiger partial charge in [0.05, 0.1) is 6.61 Å². The third kappa shape index (κ3) is 4.07. The molecule has 114 valence electrons.